The maximum Gasteiger partial charge on any atom is 0.197 e. The molecule has 0 amide bonds. The topological polar surface area (TPSA) is 37.4 Å². The lowest BCUT2D eigenvalue weighted by molar-refractivity contribution is 0.0990. The summed E-state index contributed by atoms with van der Waals surface area (Å²) in [6.07, 6.45) is 1.75. The number of hydrogen-bond donors (Lipinski definition) is 0. The van der Waals surface area contributed by atoms with Crippen LogP contribution in [0.2, 0.25) is 0 Å². The lowest BCUT2D eigenvalue weighted by atomic mass is 10.0. The van der Waals surface area contributed by atoms with Crippen molar-refractivity contribution in [3.63, 3.8) is 0 Å². The van der Waals surface area contributed by atoms with Gasteiger partial charge in [-0.2, -0.15) is 0 Å². The van der Waals surface area contributed by atoms with Gasteiger partial charge in [-0.25, -0.2) is 0 Å². The van der Waals surface area contributed by atoms with E-state index in [-0.39, 0.29) is 17.1 Å². The van der Waals surface area contributed by atoms with Crippen LogP contribution in [0.3, 0.4) is 0 Å². The number of fused-ring (bicyclic) bond motifs is 6. The minimum Gasteiger partial charge on any atom is -0.302 e. The van der Waals surface area contributed by atoms with Crippen LogP contribution in [0.15, 0.2) is 175 Å². The fraction of sp³-hybridized carbons (Fsp3) is 0. The maximum atomic E-state index is 13.5. The Morgan fingerprint density at radius 3 is 1.58 bits per heavy atom. The summed E-state index contributed by atoms with van der Waals surface area (Å²) in [7, 11) is 0. The number of nitrogens with zero attached hydrogens (tertiary/aromatic N) is 1. The van der Waals surface area contributed by atoms with Gasteiger partial charge in [0.25, 0.3) is 0 Å². The minimum atomic E-state index is -0.216. The molecule has 1 aliphatic rings. The Balaban J connectivity index is 0.993. The first-order chi connectivity index (χ1) is 27.0. The molecule has 0 saturated heterocycles. The van der Waals surface area contributed by atoms with Crippen molar-refractivity contribution in [3.05, 3.63) is 192 Å². The second-order valence-corrected chi connectivity index (χ2v) is 16.3. The summed E-state index contributed by atoms with van der Waals surface area (Å²) in [5, 5.41) is 10.0. The standard InChI is InChI=1S/C50H29NO2S2/c52-49-42-26-34-12-6-7-13-35(34)27-43(42)50(53)44(49)21-30-14-15-38-24-40(18-16-36(38)20-30)51(41-19-17-37-22-32-10-4-5-11-33(32)23-39(37)25-41)48-29-47-46(55-48)28-45(54-47)31-8-2-1-3-9-31/h1-29H. The monoisotopic (exact) mass is 739 g/mol. The van der Waals surface area contributed by atoms with Crippen LogP contribution in [0.25, 0.3) is 69.0 Å². The van der Waals surface area contributed by atoms with Crippen LogP contribution in [0.1, 0.15) is 26.3 Å². The highest BCUT2D eigenvalue weighted by Crippen LogP contribution is 2.47. The zero-order valence-corrected chi connectivity index (χ0v) is 31.0. The van der Waals surface area contributed by atoms with E-state index in [0.717, 1.165) is 43.5 Å². The van der Waals surface area contributed by atoms with Crippen molar-refractivity contribution >= 4 is 109 Å². The van der Waals surface area contributed by atoms with E-state index in [1.54, 1.807) is 17.4 Å². The summed E-state index contributed by atoms with van der Waals surface area (Å²) < 4.78 is 2.53. The van der Waals surface area contributed by atoms with Crippen LogP contribution in [-0.2, 0) is 0 Å². The normalized spacial score (nSPS) is 12.8. The molecule has 3 nitrogen and oxygen atoms in total. The molecule has 2 aromatic heterocycles. The minimum absolute atomic E-state index is 0.213. The molecule has 5 heteroatoms. The van der Waals surface area contributed by atoms with E-state index < -0.39 is 0 Å². The Hall–Kier alpha value is -6.66. The first-order valence-electron chi connectivity index (χ1n) is 18.2. The number of carbonyl (C=O) groups excluding carboxylic acids is 2. The third kappa shape index (κ3) is 5.39. The lowest BCUT2D eigenvalue weighted by Gasteiger charge is -2.24. The largest absolute Gasteiger partial charge is 0.302 e. The van der Waals surface area contributed by atoms with Gasteiger partial charge in [-0.05, 0) is 127 Å². The van der Waals surface area contributed by atoms with E-state index in [2.05, 4.69) is 132 Å². The smallest absolute Gasteiger partial charge is 0.197 e. The summed E-state index contributed by atoms with van der Waals surface area (Å²) in [6, 6.07) is 59.2. The van der Waals surface area contributed by atoms with E-state index in [1.807, 2.05) is 53.8 Å². The number of ketones is 2. The Bertz CT molecular complexity index is 3170. The predicted molar refractivity (Wildman–Crippen MR) is 233 cm³/mol. The zero-order valence-electron chi connectivity index (χ0n) is 29.3. The third-order valence-corrected chi connectivity index (χ3v) is 13.0. The Morgan fingerprint density at radius 2 is 0.927 bits per heavy atom. The SMILES string of the molecule is O=C1C(=Cc2ccc3cc(N(c4ccc5cc6ccccc6cc5c4)c4cc5sc(-c6ccccc6)cc5s4)ccc3c2)C(=O)c2cc3ccccc3cc21. The van der Waals surface area contributed by atoms with Crippen molar-refractivity contribution in [2.45, 2.75) is 0 Å². The van der Waals surface area contributed by atoms with Crippen LogP contribution in [0.5, 0.6) is 0 Å². The molecule has 0 saturated carbocycles. The molecule has 0 unspecified atom stereocenters. The quantitative estimate of drug-likeness (QED) is 0.100. The highest BCUT2D eigenvalue weighted by molar-refractivity contribution is 7.31. The average molecular weight is 740 g/mol. The van der Waals surface area contributed by atoms with E-state index in [0.29, 0.717) is 11.1 Å². The molecule has 2 heterocycles. The van der Waals surface area contributed by atoms with Gasteiger partial charge >= 0.3 is 0 Å². The van der Waals surface area contributed by atoms with E-state index in [4.69, 9.17) is 0 Å². The van der Waals surface area contributed by atoms with E-state index in [9.17, 15) is 9.59 Å². The van der Waals surface area contributed by atoms with Crippen LogP contribution < -0.4 is 4.90 Å². The molecule has 10 aromatic rings. The van der Waals surface area contributed by atoms with Gasteiger partial charge in [0.05, 0.1) is 5.57 Å². The number of Topliss-reactive ketones (excluding diaryl/α,β-unsaturated/α-hetero) is 2. The molecule has 0 radical (unpaired) electrons. The molecule has 11 rings (SSSR count). The number of thiophene rings is 2. The highest BCUT2D eigenvalue weighted by atomic mass is 32.1. The highest BCUT2D eigenvalue weighted by Gasteiger charge is 2.33. The molecule has 0 bridgehead atoms. The summed E-state index contributed by atoms with van der Waals surface area (Å²) >= 11 is 3.63. The Morgan fingerprint density at radius 1 is 0.418 bits per heavy atom. The number of allylic oxidation sites excluding steroid dienone is 1. The third-order valence-electron chi connectivity index (χ3n) is 10.7. The Labute approximate surface area is 324 Å². The summed E-state index contributed by atoms with van der Waals surface area (Å²) in [5.74, 6) is -0.432. The molecule has 1 aliphatic carbocycles. The van der Waals surface area contributed by atoms with Gasteiger partial charge in [0.2, 0.25) is 0 Å². The molecular weight excluding hydrogens is 711 g/mol. The van der Waals surface area contributed by atoms with Gasteiger partial charge in [-0.1, -0.05) is 103 Å². The second kappa shape index (κ2) is 12.5. The zero-order chi connectivity index (χ0) is 36.6. The molecule has 0 spiro atoms. The molecule has 0 N–H and O–H groups in total. The van der Waals surface area contributed by atoms with Crippen molar-refractivity contribution in [3.8, 4) is 10.4 Å². The first-order valence-corrected chi connectivity index (χ1v) is 19.8. The van der Waals surface area contributed by atoms with Crippen LogP contribution in [0.4, 0.5) is 16.4 Å². The maximum absolute atomic E-state index is 13.5. The summed E-state index contributed by atoms with van der Waals surface area (Å²) in [4.78, 5) is 30.6. The van der Waals surface area contributed by atoms with Crippen molar-refractivity contribution in [2.75, 3.05) is 4.90 Å². The molecule has 0 atom stereocenters. The lowest BCUT2D eigenvalue weighted by Crippen LogP contribution is -2.08. The number of hydrogen-bond acceptors (Lipinski definition) is 5. The number of carbonyl (C=O) groups is 2. The molecule has 0 fully saturated rings. The fourth-order valence-corrected chi connectivity index (χ4v) is 10.4. The molecule has 258 valence electrons. The second-order valence-electron chi connectivity index (χ2n) is 14.1. The number of anilines is 3. The molecule has 0 aliphatic heterocycles. The van der Waals surface area contributed by atoms with Crippen LogP contribution in [-0.4, -0.2) is 11.6 Å². The number of benzene rings is 8. The van der Waals surface area contributed by atoms with Crippen molar-refractivity contribution in [1.29, 1.82) is 0 Å². The van der Waals surface area contributed by atoms with Crippen molar-refractivity contribution in [2.24, 2.45) is 0 Å². The average Bonchev–Trinajstić information content (AvgIpc) is 3.87. The predicted octanol–water partition coefficient (Wildman–Crippen LogP) is 14.2. The summed E-state index contributed by atoms with van der Waals surface area (Å²) in [6.45, 7) is 0. The van der Waals surface area contributed by atoms with E-state index >= 15 is 0 Å². The van der Waals surface area contributed by atoms with Crippen LogP contribution >= 0.6 is 22.7 Å². The van der Waals surface area contributed by atoms with Gasteiger partial charge in [0.15, 0.2) is 11.6 Å². The number of rotatable bonds is 5. The van der Waals surface area contributed by atoms with Gasteiger partial charge in [-0.3, -0.25) is 9.59 Å². The van der Waals surface area contributed by atoms with Gasteiger partial charge in [0, 0.05) is 36.8 Å². The van der Waals surface area contributed by atoms with Crippen molar-refractivity contribution in [1.82, 2.24) is 0 Å². The first kappa shape index (κ1) is 31.8. The molecule has 55 heavy (non-hydrogen) atoms. The fourth-order valence-electron chi connectivity index (χ4n) is 7.94. The van der Waals surface area contributed by atoms with Crippen molar-refractivity contribution < 1.29 is 9.59 Å². The van der Waals surface area contributed by atoms with E-state index in [1.165, 1.54) is 41.4 Å². The Kier molecular flexibility index (Phi) is 7.21. The van der Waals surface area contributed by atoms with Gasteiger partial charge < -0.3 is 4.90 Å². The molecule has 8 aromatic carbocycles. The summed E-state index contributed by atoms with van der Waals surface area (Å²) in [5.41, 5.74) is 5.37. The van der Waals surface area contributed by atoms with Gasteiger partial charge in [0.1, 0.15) is 5.00 Å². The van der Waals surface area contributed by atoms with Gasteiger partial charge in [-0.15, -0.1) is 22.7 Å². The van der Waals surface area contributed by atoms with Crippen LogP contribution in [0, 0.1) is 0 Å². The molecular formula is C50H29NO2S2.